The zero-order valence-corrected chi connectivity index (χ0v) is 62.8. The van der Waals surface area contributed by atoms with Gasteiger partial charge in [0.15, 0.2) is 0 Å². The number of hydrogen-bond donors (Lipinski definition) is 4. The largest absolute Gasteiger partial charge is 0.507 e. The van der Waals surface area contributed by atoms with Gasteiger partial charge in [-0.1, -0.05) is 250 Å². The Kier molecular flexibility index (Phi) is 32.4. The molecule has 1 aliphatic carbocycles. The van der Waals surface area contributed by atoms with E-state index in [-0.39, 0.29) is 23.0 Å². The Morgan fingerprint density at radius 1 is 0.208 bits per heavy atom. The van der Waals surface area contributed by atoms with Crippen LogP contribution in [0.4, 0.5) is 0 Å². The number of phenolic OH excluding ortho intramolecular Hbond substituents is 4. The fourth-order valence-electron chi connectivity index (χ4n) is 12.8. The second-order valence-electron chi connectivity index (χ2n) is 27.0. The van der Waals surface area contributed by atoms with Crippen LogP contribution >= 0.6 is 0 Å². The molecule has 0 radical (unpaired) electrons. The number of hydrogen-bond acceptors (Lipinski definition) is 8. The number of phenols is 4. The number of rotatable bonds is 12. The molecule has 0 atom stereocenters. The third-order valence-corrected chi connectivity index (χ3v) is 16.0. The van der Waals surface area contributed by atoms with Gasteiger partial charge in [-0.05, 0) is 170 Å². The first-order valence-corrected chi connectivity index (χ1v) is 36.2. The number of benzene rings is 8. The lowest BCUT2D eigenvalue weighted by Crippen LogP contribution is -2.08. The Morgan fingerprint density at radius 3 is 0.417 bits per heavy atom. The predicted octanol–water partition coefficient (Wildman–Crippen LogP) is 22.8. The van der Waals surface area contributed by atoms with Crippen molar-refractivity contribution in [2.24, 2.45) is 0 Å². The molecule has 1 aliphatic rings. The number of ether oxygens (including phenoxy) is 4. The average Bonchev–Trinajstić information content (AvgIpc) is 0.809. The van der Waals surface area contributed by atoms with Crippen molar-refractivity contribution in [3.63, 3.8) is 0 Å². The van der Waals surface area contributed by atoms with Gasteiger partial charge < -0.3 is 39.4 Å². The van der Waals surface area contributed by atoms with Crippen LogP contribution in [0, 0.1) is 55.4 Å². The van der Waals surface area contributed by atoms with Crippen molar-refractivity contribution in [2.75, 3.05) is 26.4 Å². The highest BCUT2D eigenvalue weighted by molar-refractivity contribution is 5.60. The first-order chi connectivity index (χ1) is 46.0. The molecular formula is C88H120O8. The van der Waals surface area contributed by atoms with Crippen LogP contribution in [-0.4, -0.2) is 46.9 Å². The van der Waals surface area contributed by atoms with Crippen molar-refractivity contribution in [2.45, 2.75) is 241 Å². The normalized spacial score (nSPS) is 11.9. The van der Waals surface area contributed by atoms with Crippen molar-refractivity contribution < 1.29 is 39.4 Å². The zero-order valence-electron chi connectivity index (χ0n) is 62.8. The molecule has 0 saturated heterocycles. The van der Waals surface area contributed by atoms with Crippen molar-refractivity contribution in [1.82, 2.24) is 0 Å². The summed E-state index contributed by atoms with van der Waals surface area (Å²) in [6, 6.07) is 34.0. The summed E-state index contributed by atoms with van der Waals surface area (Å²) < 4.78 is 26.9. The summed E-state index contributed by atoms with van der Waals surface area (Å²) in [6.45, 7) is 44.2. The molecule has 0 aliphatic heterocycles. The molecule has 4 N–H and O–H groups in total. The minimum atomic E-state index is 0.241. The molecule has 8 nitrogen and oxygen atoms in total. The van der Waals surface area contributed by atoms with Crippen molar-refractivity contribution in [1.29, 1.82) is 0 Å². The zero-order chi connectivity index (χ0) is 70.8. The SMILES string of the molecule is CCC.CCC.CCC.CCC.CCCOc1c2cc(C)cc1Cc1cc(C)cc(c1O)Cc1cc(C)cc(c1OCCC)Cc1cc(C)cc(c1O)Cc1cc(C)cc(c1OCCC)Cc1cc(C)cc(c1O)Cc1cc(C)cc(c1OCCC)Cc1cc(C)cc(c1O)C2. The molecule has 0 unspecified atom stereocenters. The summed E-state index contributed by atoms with van der Waals surface area (Å²) in [7, 11) is 0. The van der Waals surface area contributed by atoms with E-state index in [2.05, 4.69) is 236 Å². The summed E-state index contributed by atoms with van der Waals surface area (Å²) in [6.07, 6.45) is 11.7. The minimum absolute atomic E-state index is 0.241. The molecule has 8 aromatic rings. The van der Waals surface area contributed by atoms with E-state index in [9.17, 15) is 20.4 Å². The van der Waals surface area contributed by atoms with Crippen LogP contribution in [0.15, 0.2) is 97.1 Å². The van der Waals surface area contributed by atoms with Crippen LogP contribution in [0.5, 0.6) is 46.0 Å². The maximum atomic E-state index is 12.5. The molecular weight excluding hydrogens is 1180 g/mol. The Hall–Kier alpha value is -7.84. The topological polar surface area (TPSA) is 118 Å². The second kappa shape index (κ2) is 39.4. The third kappa shape index (κ3) is 22.1. The van der Waals surface area contributed by atoms with Gasteiger partial charge >= 0.3 is 0 Å². The number of aryl methyl sites for hydroxylation is 8. The molecule has 0 amide bonds. The minimum Gasteiger partial charge on any atom is -0.507 e. The summed E-state index contributed by atoms with van der Waals surface area (Å²) >= 11 is 0. The van der Waals surface area contributed by atoms with E-state index in [1.165, 1.54) is 25.7 Å². The van der Waals surface area contributed by atoms with Gasteiger partial charge in [-0.15, -0.1) is 0 Å². The first-order valence-electron chi connectivity index (χ1n) is 36.2. The van der Waals surface area contributed by atoms with E-state index in [0.29, 0.717) is 77.8 Å². The van der Waals surface area contributed by atoms with Crippen LogP contribution in [0.25, 0.3) is 0 Å². The fraction of sp³-hybridized carbons (Fsp3) is 0.455. The summed E-state index contributed by atoms with van der Waals surface area (Å²) in [5, 5.41) is 49.9. The first kappa shape index (κ1) is 78.9. The van der Waals surface area contributed by atoms with E-state index in [1.807, 2.05) is 0 Å². The highest BCUT2D eigenvalue weighted by Gasteiger charge is 2.25. The Bertz CT molecular complexity index is 3100. The molecule has 0 spiro atoms. The maximum Gasteiger partial charge on any atom is 0.126 e. The van der Waals surface area contributed by atoms with Crippen molar-refractivity contribution in [3.05, 3.63) is 231 Å². The van der Waals surface area contributed by atoms with Gasteiger partial charge in [-0.2, -0.15) is 0 Å². The number of fused-ring (bicyclic) bond motifs is 16. The van der Waals surface area contributed by atoms with Crippen LogP contribution in [-0.2, 0) is 51.4 Å². The fourth-order valence-corrected chi connectivity index (χ4v) is 12.8. The van der Waals surface area contributed by atoms with Gasteiger partial charge in [0.2, 0.25) is 0 Å². The lowest BCUT2D eigenvalue weighted by molar-refractivity contribution is 0.311. The molecule has 0 aromatic heterocycles. The van der Waals surface area contributed by atoms with Gasteiger partial charge in [0.1, 0.15) is 46.0 Å². The summed E-state index contributed by atoms with van der Waals surface area (Å²) in [4.78, 5) is 0. The quantitative estimate of drug-likeness (QED) is 0.0956. The lowest BCUT2D eigenvalue weighted by atomic mass is 9.89. The van der Waals surface area contributed by atoms with Crippen LogP contribution in [0.3, 0.4) is 0 Å². The second-order valence-corrected chi connectivity index (χ2v) is 27.0. The van der Waals surface area contributed by atoms with Gasteiger partial charge in [0, 0.05) is 51.4 Å². The highest BCUT2D eigenvalue weighted by Crippen LogP contribution is 2.43. The molecule has 520 valence electrons. The maximum absolute atomic E-state index is 12.5. The third-order valence-electron chi connectivity index (χ3n) is 16.0. The van der Waals surface area contributed by atoms with E-state index >= 15 is 0 Å². The standard InChI is InChI=1S/C76H88O8.4C3H8/c1-13-17-81-73-61-29-49(9)30-62(73)38-54-22-46(6)24-56(70(54)78)40-64-32-51(11)34-66(75(64)83-19-15-3)42-58-26-48(8)28-60(72(58)80)44-68-36-52(12)35-67(76(68)84-20-16-4)43-59-27-47(7)25-57(71(59)79)41-65-33-50(10)31-63(74(65)82-18-14-2)39-55-23-45(5)21-53(37-61)69(55)77;4*1-3-2/h21-36,77-80H,13-20,37-44H2,1-12H3;4*3H2,1-2H3. The Morgan fingerprint density at radius 2 is 0.312 bits per heavy atom. The highest BCUT2D eigenvalue weighted by atomic mass is 16.5. The molecule has 0 saturated carbocycles. The van der Waals surface area contributed by atoms with Gasteiger partial charge in [-0.3, -0.25) is 0 Å². The van der Waals surface area contributed by atoms with E-state index < -0.39 is 0 Å². The molecule has 0 fully saturated rings. The van der Waals surface area contributed by atoms with E-state index in [0.717, 1.165) is 182 Å². The summed E-state index contributed by atoms with van der Waals surface area (Å²) in [5.74, 6) is 4.06. The van der Waals surface area contributed by atoms with Gasteiger partial charge in [-0.25, -0.2) is 0 Å². The lowest BCUT2D eigenvalue weighted by Gasteiger charge is -2.22. The van der Waals surface area contributed by atoms with Crippen LogP contribution < -0.4 is 18.9 Å². The molecule has 9 rings (SSSR count). The van der Waals surface area contributed by atoms with E-state index in [1.54, 1.807) is 0 Å². The van der Waals surface area contributed by atoms with Crippen molar-refractivity contribution in [3.8, 4) is 46.0 Å². The molecule has 96 heavy (non-hydrogen) atoms. The van der Waals surface area contributed by atoms with E-state index in [4.69, 9.17) is 18.9 Å². The van der Waals surface area contributed by atoms with Crippen LogP contribution in [0.2, 0.25) is 0 Å². The Labute approximate surface area is 580 Å². The number of aromatic hydroxyl groups is 4. The molecule has 8 aromatic carbocycles. The molecule has 16 bridgehead atoms. The average molecular weight is 1310 g/mol. The predicted molar refractivity (Wildman–Crippen MR) is 406 cm³/mol. The van der Waals surface area contributed by atoms with Gasteiger partial charge in [0.05, 0.1) is 26.4 Å². The Balaban J connectivity index is 0.00000129. The molecule has 8 heteroatoms. The van der Waals surface area contributed by atoms with Crippen LogP contribution in [0.1, 0.15) is 268 Å². The summed E-state index contributed by atoms with van der Waals surface area (Å²) in [5.41, 5.74) is 22.5. The molecule has 0 heterocycles. The van der Waals surface area contributed by atoms with Crippen molar-refractivity contribution >= 4 is 0 Å². The smallest absolute Gasteiger partial charge is 0.126 e. The monoisotopic (exact) mass is 1300 g/mol. The van der Waals surface area contributed by atoms with Gasteiger partial charge in [0.25, 0.3) is 0 Å².